The second-order valence-electron chi connectivity index (χ2n) is 5.20. The van der Waals surface area contributed by atoms with Crippen molar-refractivity contribution in [2.24, 2.45) is 0 Å². The van der Waals surface area contributed by atoms with Crippen LogP contribution in [0.4, 0.5) is 5.69 Å². The highest BCUT2D eigenvalue weighted by molar-refractivity contribution is 7.91. The standard InChI is InChI=1S/C14H22N2O3S/c1-10(11(2)20(4,18)19)16(3)14(17)9-12-5-7-13(15)8-6-12/h5-8,10-11H,9,15H2,1-4H3/t10-,11-/m1/s1. The van der Waals surface area contributed by atoms with E-state index in [9.17, 15) is 13.2 Å². The number of rotatable bonds is 5. The van der Waals surface area contributed by atoms with Gasteiger partial charge in [-0.15, -0.1) is 0 Å². The first kappa shape index (κ1) is 16.5. The summed E-state index contributed by atoms with van der Waals surface area (Å²) in [5.74, 6) is -0.113. The van der Waals surface area contributed by atoms with Crippen LogP contribution in [0.1, 0.15) is 19.4 Å². The number of likely N-dealkylation sites (N-methyl/N-ethyl adjacent to an activating group) is 1. The largest absolute Gasteiger partial charge is 0.399 e. The van der Waals surface area contributed by atoms with E-state index < -0.39 is 15.1 Å². The van der Waals surface area contributed by atoms with Gasteiger partial charge < -0.3 is 10.6 Å². The minimum absolute atomic E-state index is 0.113. The quantitative estimate of drug-likeness (QED) is 0.825. The second kappa shape index (κ2) is 6.26. The molecule has 0 aromatic heterocycles. The fourth-order valence-corrected chi connectivity index (χ4v) is 2.73. The predicted octanol–water partition coefficient (Wildman–Crippen LogP) is 1.09. The lowest BCUT2D eigenvalue weighted by Gasteiger charge is -2.29. The van der Waals surface area contributed by atoms with Gasteiger partial charge in [-0.05, 0) is 31.5 Å². The zero-order valence-electron chi connectivity index (χ0n) is 12.3. The van der Waals surface area contributed by atoms with Gasteiger partial charge in [0.05, 0.1) is 11.7 Å². The fraction of sp³-hybridized carbons (Fsp3) is 0.500. The molecule has 1 rings (SSSR count). The van der Waals surface area contributed by atoms with Gasteiger partial charge in [0.15, 0.2) is 9.84 Å². The van der Waals surface area contributed by atoms with Crippen LogP contribution in [0.2, 0.25) is 0 Å². The van der Waals surface area contributed by atoms with Crippen molar-refractivity contribution in [3.05, 3.63) is 29.8 Å². The molecule has 2 atom stereocenters. The summed E-state index contributed by atoms with van der Waals surface area (Å²) in [4.78, 5) is 13.7. The van der Waals surface area contributed by atoms with Crippen molar-refractivity contribution in [1.82, 2.24) is 4.90 Å². The van der Waals surface area contributed by atoms with E-state index >= 15 is 0 Å². The Morgan fingerprint density at radius 2 is 1.75 bits per heavy atom. The Hall–Kier alpha value is -1.56. The SMILES string of the molecule is C[C@H]([C@@H](C)S(C)(=O)=O)N(C)C(=O)Cc1ccc(N)cc1. The van der Waals surface area contributed by atoms with Crippen LogP contribution >= 0.6 is 0 Å². The van der Waals surface area contributed by atoms with Crippen molar-refractivity contribution in [3.8, 4) is 0 Å². The topological polar surface area (TPSA) is 80.5 Å². The summed E-state index contributed by atoms with van der Waals surface area (Å²) in [6, 6.07) is 6.71. The normalized spacial score (nSPS) is 14.6. The monoisotopic (exact) mass is 298 g/mol. The number of anilines is 1. The summed E-state index contributed by atoms with van der Waals surface area (Å²) in [5.41, 5.74) is 7.09. The molecule has 1 amide bonds. The summed E-state index contributed by atoms with van der Waals surface area (Å²) in [6.07, 6.45) is 1.42. The van der Waals surface area contributed by atoms with E-state index in [1.807, 2.05) is 0 Å². The molecule has 0 radical (unpaired) electrons. The lowest BCUT2D eigenvalue weighted by Crippen LogP contribution is -2.45. The summed E-state index contributed by atoms with van der Waals surface area (Å²) in [7, 11) is -1.54. The highest BCUT2D eigenvalue weighted by Crippen LogP contribution is 2.13. The number of benzene rings is 1. The van der Waals surface area contributed by atoms with E-state index in [2.05, 4.69) is 0 Å². The summed E-state index contributed by atoms with van der Waals surface area (Å²) < 4.78 is 23.1. The van der Waals surface area contributed by atoms with Crippen LogP contribution in [0.25, 0.3) is 0 Å². The van der Waals surface area contributed by atoms with Gasteiger partial charge in [-0.1, -0.05) is 12.1 Å². The number of nitrogens with two attached hydrogens (primary N) is 1. The first-order valence-corrected chi connectivity index (χ1v) is 8.37. The third-order valence-corrected chi connectivity index (χ3v) is 5.44. The van der Waals surface area contributed by atoms with Gasteiger partial charge in [0.25, 0.3) is 0 Å². The maximum atomic E-state index is 12.2. The summed E-state index contributed by atoms with van der Waals surface area (Å²) in [6.45, 7) is 3.36. The lowest BCUT2D eigenvalue weighted by atomic mass is 10.1. The zero-order valence-corrected chi connectivity index (χ0v) is 13.1. The van der Waals surface area contributed by atoms with Crippen molar-refractivity contribution in [2.45, 2.75) is 31.6 Å². The highest BCUT2D eigenvalue weighted by atomic mass is 32.2. The zero-order chi connectivity index (χ0) is 15.5. The van der Waals surface area contributed by atoms with Crippen molar-refractivity contribution in [1.29, 1.82) is 0 Å². The minimum Gasteiger partial charge on any atom is -0.399 e. The fourth-order valence-electron chi connectivity index (χ4n) is 1.83. The van der Waals surface area contributed by atoms with Crippen LogP contribution in [0, 0.1) is 0 Å². The average Bonchev–Trinajstić information content (AvgIpc) is 2.37. The molecule has 6 heteroatoms. The Bertz CT molecular complexity index is 567. The molecule has 2 N–H and O–H groups in total. The van der Waals surface area contributed by atoms with E-state index in [0.29, 0.717) is 5.69 Å². The van der Waals surface area contributed by atoms with E-state index in [1.54, 1.807) is 45.2 Å². The number of hydrogen-bond acceptors (Lipinski definition) is 4. The van der Waals surface area contributed by atoms with Gasteiger partial charge in [0.2, 0.25) is 5.91 Å². The minimum atomic E-state index is -3.17. The van der Waals surface area contributed by atoms with Crippen LogP contribution in [0.5, 0.6) is 0 Å². The molecule has 1 aromatic carbocycles. The van der Waals surface area contributed by atoms with E-state index in [1.165, 1.54) is 11.2 Å². The molecule has 1 aromatic rings. The Morgan fingerprint density at radius 3 is 2.20 bits per heavy atom. The Kier molecular flexibility index (Phi) is 5.16. The molecular formula is C14H22N2O3S. The van der Waals surface area contributed by atoms with Crippen LogP contribution in [0.3, 0.4) is 0 Å². The van der Waals surface area contributed by atoms with Crippen LogP contribution in [0.15, 0.2) is 24.3 Å². The van der Waals surface area contributed by atoms with Gasteiger partial charge in [-0.3, -0.25) is 4.79 Å². The molecule has 0 aliphatic rings. The second-order valence-corrected chi connectivity index (χ2v) is 7.60. The molecule has 112 valence electrons. The number of carbonyl (C=O) groups is 1. The number of sulfone groups is 1. The number of hydrogen-bond donors (Lipinski definition) is 1. The van der Waals surface area contributed by atoms with Crippen LogP contribution < -0.4 is 5.73 Å². The molecule has 0 saturated carbocycles. The molecule has 0 aliphatic carbocycles. The van der Waals surface area contributed by atoms with Crippen molar-refractivity contribution >= 4 is 21.4 Å². The molecule has 0 bridgehead atoms. The van der Waals surface area contributed by atoms with E-state index in [4.69, 9.17) is 5.73 Å². The van der Waals surface area contributed by atoms with Crippen molar-refractivity contribution < 1.29 is 13.2 Å². The van der Waals surface area contributed by atoms with Gasteiger partial charge in [0.1, 0.15) is 0 Å². The lowest BCUT2D eigenvalue weighted by molar-refractivity contribution is -0.130. The molecule has 0 heterocycles. The first-order chi connectivity index (χ1) is 9.12. The first-order valence-electron chi connectivity index (χ1n) is 6.42. The molecule has 0 unspecified atom stereocenters. The maximum Gasteiger partial charge on any atom is 0.227 e. The molecule has 0 fully saturated rings. The van der Waals surface area contributed by atoms with Gasteiger partial charge >= 0.3 is 0 Å². The molecule has 5 nitrogen and oxygen atoms in total. The summed E-state index contributed by atoms with van der Waals surface area (Å²) in [5, 5.41) is -0.595. The number of carbonyl (C=O) groups excluding carboxylic acids is 1. The third kappa shape index (κ3) is 4.23. The van der Waals surface area contributed by atoms with Crippen LogP contribution in [-0.4, -0.2) is 43.8 Å². The van der Waals surface area contributed by atoms with E-state index in [0.717, 1.165) is 5.56 Å². The third-order valence-electron chi connectivity index (χ3n) is 3.69. The Balaban J connectivity index is 2.74. The molecular weight excluding hydrogens is 276 g/mol. The number of nitrogens with zero attached hydrogens (tertiary/aromatic N) is 1. The van der Waals surface area contributed by atoms with Crippen LogP contribution in [-0.2, 0) is 21.1 Å². The number of amides is 1. The Morgan fingerprint density at radius 1 is 1.25 bits per heavy atom. The number of nitrogen functional groups attached to an aromatic ring is 1. The molecule has 0 aliphatic heterocycles. The smallest absolute Gasteiger partial charge is 0.227 e. The highest BCUT2D eigenvalue weighted by Gasteiger charge is 2.27. The van der Waals surface area contributed by atoms with Crippen molar-refractivity contribution in [2.75, 3.05) is 19.0 Å². The molecule has 20 heavy (non-hydrogen) atoms. The van der Waals surface area contributed by atoms with E-state index in [-0.39, 0.29) is 18.4 Å². The van der Waals surface area contributed by atoms with Gasteiger partial charge in [-0.2, -0.15) is 0 Å². The molecule has 0 saturated heterocycles. The average molecular weight is 298 g/mol. The predicted molar refractivity (Wildman–Crippen MR) is 81.1 cm³/mol. The maximum absolute atomic E-state index is 12.2. The summed E-state index contributed by atoms with van der Waals surface area (Å²) >= 11 is 0. The van der Waals surface area contributed by atoms with Crippen molar-refractivity contribution in [3.63, 3.8) is 0 Å². The van der Waals surface area contributed by atoms with Gasteiger partial charge in [0, 0.05) is 25.0 Å². The Labute approximate surface area is 120 Å². The van der Waals surface area contributed by atoms with Gasteiger partial charge in [-0.25, -0.2) is 8.42 Å². The molecule has 0 spiro atoms.